The molecular formula is C29H34Cl2N6O3. The molecule has 0 unspecified atom stereocenters. The Morgan fingerprint density at radius 3 is 2.35 bits per heavy atom. The van der Waals surface area contributed by atoms with E-state index in [0.717, 1.165) is 28.2 Å². The van der Waals surface area contributed by atoms with Crippen molar-refractivity contribution in [1.82, 2.24) is 9.55 Å². The number of amidine groups is 1. The van der Waals surface area contributed by atoms with Crippen LogP contribution >= 0.6 is 24.8 Å². The molecule has 0 aliphatic heterocycles. The molecule has 0 saturated heterocycles. The average molecular weight is 586 g/mol. The van der Waals surface area contributed by atoms with Crippen molar-refractivity contribution in [2.45, 2.75) is 26.3 Å². The molecule has 0 saturated carbocycles. The van der Waals surface area contributed by atoms with E-state index in [9.17, 15) is 9.59 Å². The molecule has 0 fully saturated rings. The van der Waals surface area contributed by atoms with Crippen LogP contribution in [0.15, 0.2) is 72.8 Å². The van der Waals surface area contributed by atoms with Crippen LogP contribution in [0.25, 0.3) is 11.0 Å². The maximum Gasteiger partial charge on any atom is 0.305 e. The Bertz CT molecular complexity index is 1440. The number of hydrogen-bond donors (Lipinski definition) is 3. The number of rotatable bonds is 11. The molecule has 4 rings (SSSR count). The number of nitrogens with zero attached hydrogens (tertiary/aromatic N) is 3. The third-order valence-electron chi connectivity index (χ3n) is 6.25. The summed E-state index contributed by atoms with van der Waals surface area (Å²) in [4.78, 5) is 31.9. The molecule has 4 aromatic rings. The predicted octanol–water partition coefficient (Wildman–Crippen LogP) is 5.30. The van der Waals surface area contributed by atoms with Crippen molar-refractivity contribution in [2.24, 2.45) is 12.8 Å². The van der Waals surface area contributed by atoms with E-state index in [1.807, 2.05) is 72.3 Å². The van der Waals surface area contributed by atoms with Crippen LogP contribution in [0.4, 0.5) is 11.4 Å². The molecule has 0 aliphatic carbocycles. The zero-order valence-corrected chi connectivity index (χ0v) is 24.1. The standard InChI is InChI=1S/C29H32N6O3.2ClH/c1-3-38-27(36)10-7-17-35(23-8-5-4-6-9-23)29(37)21-13-16-25-24(18-21)33-26(34(25)2)19-32-22-14-11-20(12-15-22)28(30)31;;/h4-6,8-9,11-16,18,32H,3,7,10,17,19H2,1-2H3,(H3,30,31);2*1H. The first-order valence-electron chi connectivity index (χ1n) is 12.5. The van der Waals surface area contributed by atoms with Crippen LogP contribution in [0.2, 0.25) is 0 Å². The van der Waals surface area contributed by atoms with Gasteiger partial charge in [-0.25, -0.2) is 4.98 Å². The number of aryl methyl sites for hydroxylation is 1. The maximum absolute atomic E-state index is 13.6. The lowest BCUT2D eigenvalue weighted by Crippen LogP contribution is -2.32. The Morgan fingerprint density at radius 1 is 1.02 bits per heavy atom. The Labute approximate surface area is 246 Å². The monoisotopic (exact) mass is 584 g/mol. The number of hydrogen-bond acceptors (Lipinski definition) is 6. The number of ether oxygens (including phenoxy) is 1. The number of carbonyl (C=O) groups is 2. The molecule has 1 aromatic heterocycles. The summed E-state index contributed by atoms with van der Waals surface area (Å²) in [7, 11) is 1.94. The molecule has 1 amide bonds. The van der Waals surface area contributed by atoms with Gasteiger partial charge in [0.05, 0.1) is 24.2 Å². The van der Waals surface area contributed by atoms with Gasteiger partial charge in [-0.15, -0.1) is 24.8 Å². The highest BCUT2D eigenvalue weighted by Gasteiger charge is 2.20. The summed E-state index contributed by atoms with van der Waals surface area (Å²) >= 11 is 0. The van der Waals surface area contributed by atoms with E-state index in [-0.39, 0.29) is 48.9 Å². The van der Waals surface area contributed by atoms with Gasteiger partial charge in [-0.3, -0.25) is 15.0 Å². The van der Waals surface area contributed by atoms with Crippen molar-refractivity contribution in [1.29, 1.82) is 5.41 Å². The Hall–Kier alpha value is -4.08. The smallest absolute Gasteiger partial charge is 0.305 e. The van der Waals surface area contributed by atoms with Gasteiger partial charge in [0.25, 0.3) is 5.91 Å². The number of fused-ring (bicyclic) bond motifs is 1. The fourth-order valence-corrected chi connectivity index (χ4v) is 4.22. The number of esters is 1. The molecule has 4 N–H and O–H groups in total. The van der Waals surface area contributed by atoms with Crippen LogP contribution in [0.1, 0.15) is 41.5 Å². The topological polar surface area (TPSA) is 126 Å². The minimum absolute atomic E-state index is 0. The summed E-state index contributed by atoms with van der Waals surface area (Å²) in [5.41, 5.74) is 10.0. The normalized spacial score (nSPS) is 10.2. The number of halogens is 2. The van der Waals surface area contributed by atoms with Crippen LogP contribution in [-0.4, -0.2) is 40.4 Å². The molecule has 3 aromatic carbocycles. The number of anilines is 2. The summed E-state index contributed by atoms with van der Waals surface area (Å²) in [5, 5.41) is 10.9. The fraction of sp³-hybridized carbons (Fsp3) is 0.241. The van der Waals surface area contributed by atoms with Crippen LogP contribution in [0.5, 0.6) is 0 Å². The maximum atomic E-state index is 13.6. The molecule has 11 heteroatoms. The van der Waals surface area contributed by atoms with Crippen LogP contribution < -0.4 is 16.0 Å². The predicted molar refractivity (Wildman–Crippen MR) is 164 cm³/mol. The van der Waals surface area contributed by atoms with Gasteiger partial charge in [-0.2, -0.15) is 0 Å². The lowest BCUT2D eigenvalue weighted by atomic mass is 10.1. The second kappa shape index (κ2) is 14.9. The number of nitrogen functional groups attached to an aromatic ring is 1. The van der Waals surface area contributed by atoms with Crippen molar-refractivity contribution in [3.8, 4) is 0 Å². The van der Waals surface area contributed by atoms with Crippen molar-refractivity contribution >= 4 is 64.9 Å². The number of nitrogens with two attached hydrogens (primary N) is 1. The van der Waals surface area contributed by atoms with E-state index in [1.165, 1.54) is 0 Å². The summed E-state index contributed by atoms with van der Waals surface area (Å²) in [6.07, 6.45) is 0.742. The third kappa shape index (κ3) is 7.74. The second-order valence-corrected chi connectivity index (χ2v) is 8.84. The number of imidazole rings is 1. The van der Waals surface area contributed by atoms with Crippen molar-refractivity contribution < 1.29 is 14.3 Å². The van der Waals surface area contributed by atoms with E-state index in [0.29, 0.717) is 37.2 Å². The number of benzene rings is 3. The molecule has 0 radical (unpaired) electrons. The Balaban J connectivity index is 0.00000280. The summed E-state index contributed by atoms with van der Waals surface area (Å²) in [6.45, 7) is 2.99. The van der Waals surface area contributed by atoms with Gasteiger partial charge in [0.1, 0.15) is 11.7 Å². The Morgan fingerprint density at radius 2 is 1.70 bits per heavy atom. The number of carbonyl (C=O) groups excluding carboxylic acids is 2. The van der Waals surface area contributed by atoms with Crippen molar-refractivity contribution in [2.75, 3.05) is 23.4 Å². The fourth-order valence-electron chi connectivity index (χ4n) is 4.22. The van der Waals surface area contributed by atoms with Crippen LogP contribution in [-0.2, 0) is 23.1 Å². The lowest BCUT2D eigenvalue weighted by Gasteiger charge is -2.23. The molecule has 40 heavy (non-hydrogen) atoms. The van der Waals surface area contributed by atoms with Crippen LogP contribution in [0.3, 0.4) is 0 Å². The average Bonchev–Trinajstić information content (AvgIpc) is 3.25. The summed E-state index contributed by atoms with van der Waals surface area (Å²) < 4.78 is 7.02. The van der Waals surface area contributed by atoms with Crippen molar-refractivity contribution in [3.05, 3.63) is 89.7 Å². The highest BCUT2D eigenvalue weighted by atomic mass is 35.5. The van der Waals surface area contributed by atoms with Gasteiger partial charge in [-0.05, 0) is 67.9 Å². The SMILES string of the molecule is CCOC(=O)CCCN(C(=O)c1ccc2c(c1)nc(CNc1ccc(C(=N)N)cc1)n2C)c1ccccc1.Cl.Cl. The van der Waals surface area contributed by atoms with E-state index in [1.54, 1.807) is 24.0 Å². The van der Waals surface area contributed by atoms with E-state index >= 15 is 0 Å². The zero-order valence-electron chi connectivity index (χ0n) is 22.4. The van der Waals surface area contributed by atoms with Gasteiger partial charge in [0.15, 0.2) is 0 Å². The quantitative estimate of drug-likeness (QED) is 0.125. The highest BCUT2D eigenvalue weighted by molar-refractivity contribution is 6.07. The van der Waals surface area contributed by atoms with Gasteiger partial charge in [0.2, 0.25) is 0 Å². The summed E-state index contributed by atoms with van der Waals surface area (Å²) in [6, 6.07) is 22.3. The number of nitrogens with one attached hydrogen (secondary N) is 2. The molecule has 9 nitrogen and oxygen atoms in total. The minimum atomic E-state index is -0.265. The van der Waals surface area contributed by atoms with Gasteiger partial charge >= 0.3 is 5.97 Å². The van der Waals surface area contributed by atoms with E-state index in [2.05, 4.69) is 5.32 Å². The Kier molecular flexibility index (Phi) is 12.0. The van der Waals surface area contributed by atoms with E-state index in [4.69, 9.17) is 20.9 Å². The molecule has 0 bridgehead atoms. The number of aromatic nitrogens is 2. The van der Waals surface area contributed by atoms with E-state index < -0.39 is 0 Å². The first-order valence-corrected chi connectivity index (χ1v) is 12.5. The molecular weight excluding hydrogens is 551 g/mol. The molecule has 212 valence electrons. The largest absolute Gasteiger partial charge is 0.466 e. The summed E-state index contributed by atoms with van der Waals surface area (Å²) in [5.74, 6) is 0.424. The molecule has 0 atom stereocenters. The second-order valence-electron chi connectivity index (χ2n) is 8.84. The minimum Gasteiger partial charge on any atom is -0.466 e. The first-order chi connectivity index (χ1) is 18.4. The third-order valence-corrected chi connectivity index (χ3v) is 6.25. The van der Waals surface area contributed by atoms with Gasteiger partial charge in [-0.1, -0.05) is 18.2 Å². The zero-order chi connectivity index (χ0) is 27.1. The number of para-hydroxylation sites is 1. The van der Waals surface area contributed by atoms with Gasteiger partial charge < -0.3 is 25.3 Å². The highest BCUT2D eigenvalue weighted by Crippen LogP contribution is 2.22. The molecule has 0 spiro atoms. The first kappa shape index (κ1) is 32.1. The molecule has 1 heterocycles. The molecule has 0 aliphatic rings. The van der Waals surface area contributed by atoms with Crippen LogP contribution in [0, 0.1) is 5.41 Å². The van der Waals surface area contributed by atoms with Gasteiger partial charge in [0, 0.05) is 42.5 Å². The number of amides is 1. The van der Waals surface area contributed by atoms with Crippen molar-refractivity contribution in [3.63, 3.8) is 0 Å². The lowest BCUT2D eigenvalue weighted by molar-refractivity contribution is -0.143.